The molecule has 19 heavy (non-hydrogen) atoms. The van der Waals surface area contributed by atoms with Gasteiger partial charge in [-0.1, -0.05) is 25.8 Å². The number of nitriles is 1. The Kier molecular flexibility index (Phi) is 4.93. The molecule has 0 aliphatic heterocycles. The van der Waals surface area contributed by atoms with E-state index in [-0.39, 0.29) is 5.82 Å². The van der Waals surface area contributed by atoms with E-state index in [0.717, 1.165) is 18.4 Å². The third-order valence-electron chi connectivity index (χ3n) is 4.07. The Morgan fingerprint density at radius 2 is 2.05 bits per heavy atom. The number of hydrogen-bond acceptors (Lipinski definition) is 2. The molecule has 1 saturated carbocycles. The third kappa shape index (κ3) is 4.04. The van der Waals surface area contributed by atoms with Crippen molar-refractivity contribution in [3.8, 4) is 6.07 Å². The van der Waals surface area contributed by atoms with E-state index in [2.05, 4.69) is 12.2 Å². The van der Waals surface area contributed by atoms with E-state index in [1.54, 1.807) is 12.1 Å². The smallest absolute Gasteiger partial charge is 0.129 e. The summed E-state index contributed by atoms with van der Waals surface area (Å²) < 4.78 is 13.7. The molecule has 1 N–H and O–H groups in total. The Morgan fingerprint density at radius 1 is 1.32 bits per heavy atom. The first kappa shape index (κ1) is 14.0. The van der Waals surface area contributed by atoms with Gasteiger partial charge in [-0.25, -0.2) is 4.39 Å². The lowest BCUT2D eigenvalue weighted by Crippen LogP contribution is -2.26. The molecule has 0 bridgehead atoms. The molecule has 1 aromatic rings. The third-order valence-corrected chi connectivity index (χ3v) is 4.07. The summed E-state index contributed by atoms with van der Waals surface area (Å²) in [5, 5.41) is 12.0. The lowest BCUT2D eigenvalue weighted by Gasteiger charge is -2.26. The first-order valence-electron chi connectivity index (χ1n) is 7.08. The quantitative estimate of drug-likeness (QED) is 0.897. The van der Waals surface area contributed by atoms with Crippen molar-refractivity contribution >= 4 is 0 Å². The highest BCUT2D eigenvalue weighted by Gasteiger charge is 2.17. The Bertz CT molecular complexity index is 456. The first-order valence-corrected chi connectivity index (χ1v) is 7.08. The van der Waals surface area contributed by atoms with E-state index >= 15 is 0 Å². The van der Waals surface area contributed by atoms with Crippen molar-refractivity contribution in [2.45, 2.75) is 39.2 Å². The van der Waals surface area contributed by atoms with Gasteiger partial charge in [0.2, 0.25) is 0 Å². The standard InChI is InChI=1S/C16H21FN2/c1-12-2-4-13(5-3-12)10-19-11-15-7-6-14(9-18)8-16(15)17/h6-8,12-13,19H,2-5,10-11H2,1H3. The van der Waals surface area contributed by atoms with Crippen molar-refractivity contribution in [2.24, 2.45) is 11.8 Å². The normalized spacial score (nSPS) is 23.0. The summed E-state index contributed by atoms with van der Waals surface area (Å²) in [7, 11) is 0. The predicted octanol–water partition coefficient (Wildman–Crippen LogP) is 3.61. The van der Waals surface area contributed by atoms with Crippen LogP contribution in [0.5, 0.6) is 0 Å². The fourth-order valence-electron chi connectivity index (χ4n) is 2.70. The summed E-state index contributed by atoms with van der Waals surface area (Å²) >= 11 is 0. The Balaban J connectivity index is 1.78. The maximum Gasteiger partial charge on any atom is 0.129 e. The lowest BCUT2D eigenvalue weighted by atomic mass is 9.83. The zero-order valence-corrected chi connectivity index (χ0v) is 11.5. The topological polar surface area (TPSA) is 35.8 Å². The van der Waals surface area contributed by atoms with Crippen LogP contribution in [-0.4, -0.2) is 6.54 Å². The highest BCUT2D eigenvalue weighted by Crippen LogP contribution is 2.27. The molecule has 3 heteroatoms. The van der Waals surface area contributed by atoms with E-state index in [4.69, 9.17) is 5.26 Å². The minimum absolute atomic E-state index is 0.288. The molecule has 0 amide bonds. The van der Waals surface area contributed by atoms with Gasteiger partial charge in [-0.15, -0.1) is 0 Å². The Morgan fingerprint density at radius 3 is 2.68 bits per heavy atom. The molecule has 1 aromatic carbocycles. The summed E-state index contributed by atoms with van der Waals surface area (Å²) in [6.45, 7) is 3.82. The minimum Gasteiger partial charge on any atom is -0.312 e. The molecule has 0 radical (unpaired) electrons. The molecule has 2 nitrogen and oxygen atoms in total. The van der Waals surface area contributed by atoms with Crippen molar-refractivity contribution in [1.29, 1.82) is 5.26 Å². The van der Waals surface area contributed by atoms with Crippen LogP contribution in [0.1, 0.15) is 43.7 Å². The van der Waals surface area contributed by atoms with Crippen molar-refractivity contribution in [1.82, 2.24) is 5.32 Å². The summed E-state index contributed by atoms with van der Waals surface area (Å²) in [5.41, 5.74) is 1.02. The molecular weight excluding hydrogens is 239 g/mol. The summed E-state index contributed by atoms with van der Waals surface area (Å²) in [6, 6.07) is 6.62. The minimum atomic E-state index is -0.288. The molecular formula is C16H21FN2. The number of nitrogens with zero attached hydrogens (tertiary/aromatic N) is 1. The Labute approximate surface area is 114 Å². The fourth-order valence-corrected chi connectivity index (χ4v) is 2.70. The summed E-state index contributed by atoms with van der Waals surface area (Å²) in [6.07, 6.45) is 5.20. The highest BCUT2D eigenvalue weighted by atomic mass is 19.1. The number of hydrogen-bond donors (Lipinski definition) is 1. The average Bonchev–Trinajstić information content (AvgIpc) is 2.42. The van der Waals surface area contributed by atoms with Crippen LogP contribution in [0.15, 0.2) is 18.2 Å². The maximum atomic E-state index is 13.7. The monoisotopic (exact) mass is 260 g/mol. The molecule has 1 fully saturated rings. The largest absolute Gasteiger partial charge is 0.312 e. The number of rotatable bonds is 4. The van der Waals surface area contributed by atoms with Gasteiger partial charge in [0.05, 0.1) is 11.6 Å². The second-order valence-electron chi connectivity index (χ2n) is 5.67. The average molecular weight is 260 g/mol. The number of benzene rings is 1. The zero-order valence-electron chi connectivity index (χ0n) is 11.5. The predicted molar refractivity (Wildman–Crippen MR) is 73.9 cm³/mol. The van der Waals surface area contributed by atoms with Gasteiger partial charge in [-0.3, -0.25) is 0 Å². The van der Waals surface area contributed by atoms with Crippen molar-refractivity contribution in [3.63, 3.8) is 0 Å². The summed E-state index contributed by atoms with van der Waals surface area (Å²) in [5.74, 6) is 1.31. The van der Waals surface area contributed by atoms with E-state index in [0.29, 0.717) is 17.7 Å². The molecule has 0 saturated heterocycles. The molecule has 0 unspecified atom stereocenters. The first-order chi connectivity index (χ1) is 9.19. The van der Waals surface area contributed by atoms with Crippen molar-refractivity contribution < 1.29 is 4.39 Å². The van der Waals surface area contributed by atoms with Gasteiger partial charge in [-0.2, -0.15) is 5.26 Å². The van der Waals surface area contributed by atoms with Gasteiger partial charge >= 0.3 is 0 Å². The molecule has 102 valence electrons. The Hall–Kier alpha value is -1.40. The molecule has 0 spiro atoms. The zero-order chi connectivity index (χ0) is 13.7. The van der Waals surface area contributed by atoms with Gasteiger partial charge in [0.25, 0.3) is 0 Å². The van der Waals surface area contributed by atoms with Gasteiger partial charge in [-0.05, 0) is 43.4 Å². The van der Waals surface area contributed by atoms with Crippen molar-refractivity contribution in [3.05, 3.63) is 35.1 Å². The second-order valence-corrected chi connectivity index (χ2v) is 5.67. The van der Waals surface area contributed by atoms with Gasteiger partial charge in [0.1, 0.15) is 5.82 Å². The maximum absolute atomic E-state index is 13.7. The van der Waals surface area contributed by atoms with E-state index in [1.165, 1.54) is 31.7 Å². The fraction of sp³-hybridized carbons (Fsp3) is 0.562. The molecule has 0 aromatic heterocycles. The van der Waals surface area contributed by atoms with Crippen LogP contribution >= 0.6 is 0 Å². The highest BCUT2D eigenvalue weighted by molar-refractivity contribution is 5.32. The molecule has 1 aliphatic rings. The number of nitrogens with one attached hydrogen (secondary N) is 1. The van der Waals surface area contributed by atoms with Crippen LogP contribution in [0.4, 0.5) is 4.39 Å². The van der Waals surface area contributed by atoms with Gasteiger partial charge in [0, 0.05) is 12.1 Å². The SMILES string of the molecule is CC1CCC(CNCc2ccc(C#N)cc2F)CC1. The summed E-state index contributed by atoms with van der Waals surface area (Å²) in [4.78, 5) is 0. The second kappa shape index (κ2) is 6.68. The van der Waals surface area contributed by atoms with Crippen LogP contribution in [0.25, 0.3) is 0 Å². The molecule has 0 atom stereocenters. The van der Waals surface area contributed by atoms with Gasteiger partial charge < -0.3 is 5.32 Å². The van der Waals surface area contributed by atoms with Crippen LogP contribution in [-0.2, 0) is 6.54 Å². The molecule has 2 rings (SSSR count). The molecule has 1 aliphatic carbocycles. The van der Waals surface area contributed by atoms with E-state index < -0.39 is 0 Å². The van der Waals surface area contributed by atoms with E-state index in [1.807, 2.05) is 6.07 Å². The molecule has 0 heterocycles. The number of halogens is 1. The van der Waals surface area contributed by atoms with Crippen LogP contribution in [0, 0.1) is 29.0 Å². The van der Waals surface area contributed by atoms with Gasteiger partial charge in [0.15, 0.2) is 0 Å². The van der Waals surface area contributed by atoms with Crippen LogP contribution < -0.4 is 5.32 Å². The lowest BCUT2D eigenvalue weighted by molar-refractivity contribution is 0.281. The van der Waals surface area contributed by atoms with Crippen LogP contribution in [0.2, 0.25) is 0 Å². The van der Waals surface area contributed by atoms with Crippen molar-refractivity contribution in [2.75, 3.05) is 6.54 Å². The van der Waals surface area contributed by atoms with E-state index in [9.17, 15) is 4.39 Å². The van der Waals surface area contributed by atoms with Crippen LogP contribution in [0.3, 0.4) is 0 Å².